The van der Waals surface area contributed by atoms with E-state index in [9.17, 15) is 9.59 Å². The fraction of sp³-hybridized carbons (Fsp3) is 0. The summed E-state index contributed by atoms with van der Waals surface area (Å²) in [5.41, 5.74) is -0.637. The zero-order valence-electron chi connectivity index (χ0n) is 8.15. The molecule has 17 heavy (non-hydrogen) atoms. The monoisotopic (exact) mass is 273 g/mol. The van der Waals surface area contributed by atoms with Crippen LogP contribution in [-0.4, -0.2) is 25.8 Å². The average molecular weight is 274 g/mol. The highest BCUT2D eigenvalue weighted by atomic mass is 35.5. The lowest BCUT2D eigenvalue weighted by molar-refractivity contribution is 0.0687. The van der Waals surface area contributed by atoms with Crippen LogP contribution in [0.5, 0.6) is 0 Å². The van der Waals surface area contributed by atoms with Crippen molar-refractivity contribution in [3.8, 4) is 5.82 Å². The molecule has 0 radical (unpaired) electrons. The predicted molar refractivity (Wildman–Crippen MR) is 61.2 cm³/mol. The second kappa shape index (κ2) is 4.23. The number of carbonyl (C=O) groups is 1. The second-order valence-corrected chi connectivity index (χ2v) is 3.84. The normalized spacial score (nSPS) is 10.5. The van der Waals surface area contributed by atoms with Crippen LogP contribution in [0.4, 0.5) is 0 Å². The molecule has 0 amide bonds. The number of nitrogens with one attached hydrogen (secondary N) is 1. The topological polar surface area (TPSA) is 88.0 Å². The van der Waals surface area contributed by atoms with Crippen LogP contribution in [0.15, 0.2) is 23.1 Å². The number of hydrogen-bond acceptors (Lipinski definition) is 3. The summed E-state index contributed by atoms with van der Waals surface area (Å²) in [5.74, 6) is -1.17. The van der Waals surface area contributed by atoms with Gasteiger partial charge in [0.25, 0.3) is 0 Å². The molecule has 0 bridgehead atoms. The average Bonchev–Trinajstić information content (AvgIpc) is 2.64. The molecule has 0 aromatic carbocycles. The summed E-state index contributed by atoms with van der Waals surface area (Å²) >= 11 is 11.4. The molecule has 0 aliphatic carbocycles. The van der Waals surface area contributed by atoms with Crippen molar-refractivity contribution in [2.24, 2.45) is 0 Å². The van der Waals surface area contributed by atoms with Crippen LogP contribution in [-0.2, 0) is 0 Å². The highest BCUT2D eigenvalue weighted by molar-refractivity contribution is 6.32. The Balaban J connectivity index is 2.72. The first-order chi connectivity index (χ1) is 8.00. The minimum absolute atomic E-state index is 0.0110. The minimum atomic E-state index is -1.23. The Morgan fingerprint density at radius 1 is 1.47 bits per heavy atom. The van der Waals surface area contributed by atoms with E-state index in [1.54, 1.807) is 0 Å². The van der Waals surface area contributed by atoms with Crippen molar-refractivity contribution in [3.63, 3.8) is 0 Å². The maximum absolute atomic E-state index is 11.3. The van der Waals surface area contributed by atoms with Gasteiger partial charge in [-0.25, -0.2) is 9.48 Å². The van der Waals surface area contributed by atoms with E-state index >= 15 is 0 Å². The summed E-state index contributed by atoms with van der Waals surface area (Å²) in [6.45, 7) is 0. The number of rotatable bonds is 2. The fourth-order valence-electron chi connectivity index (χ4n) is 1.28. The first kappa shape index (κ1) is 11.7. The SMILES string of the molecule is O=C(O)c1cc(Cl)nn1-c1[nH]ccc(=O)c1Cl. The van der Waals surface area contributed by atoms with Crippen LogP contribution in [0.3, 0.4) is 0 Å². The molecule has 2 heterocycles. The quantitative estimate of drug-likeness (QED) is 0.869. The molecule has 88 valence electrons. The summed E-state index contributed by atoms with van der Waals surface area (Å²) in [4.78, 5) is 24.9. The molecule has 2 aromatic rings. The molecule has 2 rings (SSSR count). The fourth-order valence-corrected chi connectivity index (χ4v) is 1.66. The van der Waals surface area contributed by atoms with Crippen LogP contribution in [0.2, 0.25) is 10.2 Å². The van der Waals surface area contributed by atoms with Gasteiger partial charge in [0.1, 0.15) is 5.02 Å². The maximum atomic E-state index is 11.3. The van der Waals surface area contributed by atoms with Crippen molar-refractivity contribution < 1.29 is 9.90 Å². The van der Waals surface area contributed by atoms with Gasteiger partial charge in [-0.05, 0) is 0 Å². The van der Waals surface area contributed by atoms with Crippen molar-refractivity contribution in [1.82, 2.24) is 14.8 Å². The summed E-state index contributed by atoms with van der Waals surface area (Å²) < 4.78 is 0.967. The number of carboxylic acids is 1. The van der Waals surface area contributed by atoms with Crippen LogP contribution in [0, 0.1) is 0 Å². The van der Waals surface area contributed by atoms with Gasteiger partial charge in [0.05, 0.1) is 0 Å². The first-order valence-electron chi connectivity index (χ1n) is 4.37. The molecular weight excluding hydrogens is 269 g/mol. The third-order valence-electron chi connectivity index (χ3n) is 1.99. The summed E-state index contributed by atoms with van der Waals surface area (Å²) in [6.07, 6.45) is 1.34. The van der Waals surface area contributed by atoms with E-state index in [1.807, 2.05) is 0 Å². The Bertz CT molecular complexity index is 647. The summed E-state index contributed by atoms with van der Waals surface area (Å²) in [5, 5.41) is 12.5. The van der Waals surface area contributed by atoms with Crippen molar-refractivity contribution in [1.29, 1.82) is 0 Å². The third-order valence-corrected chi connectivity index (χ3v) is 2.54. The number of hydrogen-bond donors (Lipinski definition) is 2. The van der Waals surface area contributed by atoms with E-state index in [-0.39, 0.29) is 21.7 Å². The Morgan fingerprint density at radius 2 is 2.18 bits per heavy atom. The third kappa shape index (κ3) is 2.04. The van der Waals surface area contributed by atoms with Gasteiger partial charge in [-0.2, -0.15) is 5.10 Å². The Hall–Kier alpha value is -1.79. The first-order valence-corrected chi connectivity index (χ1v) is 5.12. The van der Waals surface area contributed by atoms with Gasteiger partial charge in [-0.1, -0.05) is 23.2 Å². The molecule has 8 heteroatoms. The van der Waals surface area contributed by atoms with E-state index in [4.69, 9.17) is 28.3 Å². The van der Waals surface area contributed by atoms with Crippen molar-refractivity contribution in [3.05, 3.63) is 44.4 Å². The van der Waals surface area contributed by atoms with Gasteiger partial charge < -0.3 is 10.1 Å². The molecule has 0 unspecified atom stereocenters. The lowest BCUT2D eigenvalue weighted by Gasteiger charge is -2.05. The van der Waals surface area contributed by atoms with Gasteiger partial charge in [-0.15, -0.1) is 0 Å². The number of aromatic amines is 1. The predicted octanol–water partition coefficient (Wildman–Crippen LogP) is 1.57. The van der Waals surface area contributed by atoms with Gasteiger partial charge in [0.2, 0.25) is 5.43 Å². The Kier molecular flexibility index (Phi) is 2.91. The molecular formula is C9H5Cl2N3O3. The van der Waals surface area contributed by atoms with Crippen molar-refractivity contribution >= 4 is 29.2 Å². The Labute approximate surface area is 104 Å². The van der Waals surface area contributed by atoms with E-state index in [2.05, 4.69) is 10.1 Å². The molecule has 0 spiro atoms. The number of nitrogens with zero attached hydrogens (tertiary/aromatic N) is 2. The second-order valence-electron chi connectivity index (χ2n) is 3.07. The van der Waals surface area contributed by atoms with Crippen LogP contribution in [0.25, 0.3) is 5.82 Å². The standard InChI is InChI=1S/C9H5Cl2N3O3/c10-6-3-4(9(16)17)14(13-6)8-7(11)5(15)1-2-12-8/h1-3H,(H,12,15)(H,16,17). The van der Waals surface area contributed by atoms with Crippen molar-refractivity contribution in [2.75, 3.05) is 0 Å². The summed E-state index contributed by atoms with van der Waals surface area (Å²) in [7, 11) is 0. The highest BCUT2D eigenvalue weighted by Crippen LogP contribution is 2.18. The largest absolute Gasteiger partial charge is 0.477 e. The number of halogens is 2. The van der Waals surface area contributed by atoms with Gasteiger partial charge >= 0.3 is 5.97 Å². The number of aromatic nitrogens is 3. The lowest BCUT2D eigenvalue weighted by Crippen LogP contribution is -2.13. The molecule has 0 fully saturated rings. The molecule has 2 N–H and O–H groups in total. The maximum Gasteiger partial charge on any atom is 0.354 e. The number of H-pyrrole nitrogens is 1. The number of carboxylic acid groups (broad SMARTS) is 1. The molecule has 6 nitrogen and oxygen atoms in total. The molecule has 0 saturated heterocycles. The molecule has 2 aromatic heterocycles. The van der Waals surface area contributed by atoms with Crippen molar-refractivity contribution in [2.45, 2.75) is 0 Å². The van der Waals surface area contributed by atoms with Gasteiger partial charge in [0.15, 0.2) is 16.7 Å². The van der Waals surface area contributed by atoms with Gasteiger partial charge in [-0.3, -0.25) is 4.79 Å². The summed E-state index contributed by atoms with van der Waals surface area (Å²) in [6, 6.07) is 2.38. The van der Waals surface area contributed by atoms with Crippen LogP contribution in [0.1, 0.15) is 10.5 Å². The zero-order valence-corrected chi connectivity index (χ0v) is 9.66. The van der Waals surface area contributed by atoms with E-state index in [1.165, 1.54) is 12.3 Å². The number of aromatic carboxylic acids is 1. The lowest BCUT2D eigenvalue weighted by atomic mass is 10.4. The smallest absolute Gasteiger partial charge is 0.354 e. The van der Waals surface area contributed by atoms with Gasteiger partial charge in [0, 0.05) is 18.3 Å². The number of pyridine rings is 1. The molecule has 0 aliphatic heterocycles. The molecule has 0 saturated carbocycles. The van der Waals surface area contributed by atoms with E-state index < -0.39 is 11.4 Å². The van der Waals surface area contributed by atoms with E-state index in [0.29, 0.717) is 0 Å². The van der Waals surface area contributed by atoms with Crippen LogP contribution >= 0.6 is 23.2 Å². The minimum Gasteiger partial charge on any atom is -0.477 e. The Morgan fingerprint density at radius 3 is 2.82 bits per heavy atom. The highest BCUT2D eigenvalue weighted by Gasteiger charge is 2.18. The molecule has 0 aliphatic rings. The zero-order chi connectivity index (χ0) is 12.6. The van der Waals surface area contributed by atoms with Crippen LogP contribution < -0.4 is 5.43 Å². The molecule has 0 atom stereocenters. The van der Waals surface area contributed by atoms with E-state index in [0.717, 1.165) is 10.7 Å².